The lowest BCUT2D eigenvalue weighted by Gasteiger charge is -2.10. The highest BCUT2D eigenvalue weighted by atomic mass is 16.6. The molecular formula is C15H12N2O5. The van der Waals surface area contributed by atoms with Crippen molar-refractivity contribution < 1.29 is 19.6 Å². The lowest BCUT2D eigenvalue weighted by Crippen LogP contribution is -2.06. The predicted octanol–water partition coefficient (Wildman–Crippen LogP) is 3.24. The van der Waals surface area contributed by atoms with Crippen LogP contribution in [0.25, 0.3) is 0 Å². The van der Waals surface area contributed by atoms with E-state index in [2.05, 4.69) is 5.32 Å². The number of benzene rings is 2. The van der Waals surface area contributed by atoms with Gasteiger partial charge in [-0.25, -0.2) is 4.79 Å². The molecule has 2 aromatic rings. The smallest absolute Gasteiger partial charge is 0.338 e. The van der Waals surface area contributed by atoms with Crippen LogP contribution in [0.5, 0.6) is 0 Å². The Bertz CT molecular complexity index is 738. The van der Waals surface area contributed by atoms with E-state index >= 15 is 0 Å². The first-order chi connectivity index (χ1) is 10.4. The zero-order valence-electron chi connectivity index (χ0n) is 11.6. The van der Waals surface area contributed by atoms with E-state index in [1.54, 1.807) is 18.2 Å². The number of nitrogens with zero attached hydrogens (tertiary/aromatic N) is 1. The number of aromatic carboxylic acids is 1. The van der Waals surface area contributed by atoms with Gasteiger partial charge in [0.15, 0.2) is 5.78 Å². The van der Waals surface area contributed by atoms with E-state index in [1.165, 1.54) is 31.2 Å². The third-order valence-electron chi connectivity index (χ3n) is 3.01. The maximum Gasteiger partial charge on any atom is 0.338 e. The number of carboxylic acid groups (broad SMARTS) is 1. The molecule has 0 aliphatic carbocycles. The molecule has 0 atom stereocenters. The SMILES string of the molecule is CC(=O)c1cccc(Nc2c(C(=O)O)cccc2[N+](=O)[O-])c1. The van der Waals surface area contributed by atoms with Crippen molar-refractivity contribution in [2.75, 3.05) is 5.32 Å². The highest BCUT2D eigenvalue weighted by Crippen LogP contribution is 2.31. The van der Waals surface area contributed by atoms with Crippen LogP contribution in [0, 0.1) is 10.1 Å². The van der Waals surface area contributed by atoms with E-state index in [9.17, 15) is 24.8 Å². The Morgan fingerprint density at radius 1 is 1.18 bits per heavy atom. The van der Waals surface area contributed by atoms with E-state index in [-0.39, 0.29) is 22.7 Å². The van der Waals surface area contributed by atoms with Gasteiger partial charge in [-0.1, -0.05) is 18.2 Å². The lowest BCUT2D eigenvalue weighted by molar-refractivity contribution is -0.383. The first-order valence-electron chi connectivity index (χ1n) is 6.29. The van der Waals surface area contributed by atoms with E-state index in [4.69, 9.17) is 0 Å². The summed E-state index contributed by atoms with van der Waals surface area (Å²) in [5.41, 5.74) is 0.112. The predicted molar refractivity (Wildman–Crippen MR) is 79.8 cm³/mol. The molecule has 0 fully saturated rings. The molecule has 7 nitrogen and oxygen atoms in total. The van der Waals surface area contributed by atoms with Crippen LogP contribution in [0.2, 0.25) is 0 Å². The van der Waals surface area contributed by atoms with Crippen LogP contribution < -0.4 is 5.32 Å². The molecule has 112 valence electrons. The third kappa shape index (κ3) is 3.09. The van der Waals surface area contributed by atoms with E-state index in [0.717, 1.165) is 0 Å². The monoisotopic (exact) mass is 300 g/mol. The number of carbonyl (C=O) groups is 2. The Labute approximate surface area is 125 Å². The van der Waals surface area contributed by atoms with Gasteiger partial charge in [-0.15, -0.1) is 0 Å². The number of carboxylic acids is 1. The summed E-state index contributed by atoms with van der Waals surface area (Å²) in [5, 5.41) is 23.0. The molecular weight excluding hydrogens is 288 g/mol. The number of ketones is 1. The Hall–Kier alpha value is -3.22. The van der Waals surface area contributed by atoms with Crippen molar-refractivity contribution in [1.29, 1.82) is 0 Å². The molecule has 7 heteroatoms. The number of nitro groups is 1. The summed E-state index contributed by atoms with van der Waals surface area (Å²) in [4.78, 5) is 33.0. The van der Waals surface area contributed by atoms with Crippen LogP contribution in [0.3, 0.4) is 0 Å². The molecule has 0 saturated carbocycles. The Morgan fingerprint density at radius 3 is 2.45 bits per heavy atom. The number of Topliss-reactive ketones (excluding diaryl/α,β-unsaturated/α-hetero) is 1. The van der Waals surface area contributed by atoms with Gasteiger partial charge in [0, 0.05) is 17.3 Å². The molecule has 2 rings (SSSR count). The minimum Gasteiger partial charge on any atom is -0.478 e. The molecule has 0 heterocycles. The first kappa shape index (κ1) is 15.2. The number of rotatable bonds is 5. The quantitative estimate of drug-likeness (QED) is 0.498. The second kappa shape index (κ2) is 6.04. The average Bonchev–Trinajstić information content (AvgIpc) is 2.47. The van der Waals surface area contributed by atoms with Crippen LogP contribution in [0.4, 0.5) is 17.1 Å². The number of nitrogens with one attached hydrogen (secondary N) is 1. The fourth-order valence-electron chi connectivity index (χ4n) is 1.96. The number of nitro benzene ring substituents is 1. The second-order valence-corrected chi connectivity index (χ2v) is 4.52. The Kier molecular flexibility index (Phi) is 4.17. The normalized spacial score (nSPS) is 10.0. The number of carbonyl (C=O) groups excluding carboxylic acids is 1. The van der Waals surface area contributed by atoms with Gasteiger partial charge < -0.3 is 10.4 Å². The van der Waals surface area contributed by atoms with Crippen molar-refractivity contribution in [2.45, 2.75) is 6.92 Å². The molecule has 0 bridgehead atoms. The van der Waals surface area contributed by atoms with Crippen LogP contribution in [-0.2, 0) is 0 Å². The summed E-state index contributed by atoms with van der Waals surface area (Å²) in [6, 6.07) is 10.1. The average molecular weight is 300 g/mol. The maximum atomic E-state index is 11.4. The summed E-state index contributed by atoms with van der Waals surface area (Å²) in [7, 11) is 0. The molecule has 0 aliphatic rings. The van der Waals surface area contributed by atoms with E-state index in [0.29, 0.717) is 11.3 Å². The first-order valence-corrected chi connectivity index (χ1v) is 6.29. The van der Waals surface area contributed by atoms with Gasteiger partial charge in [0.25, 0.3) is 5.69 Å². The van der Waals surface area contributed by atoms with Crippen molar-refractivity contribution in [2.24, 2.45) is 0 Å². The maximum absolute atomic E-state index is 11.4. The van der Waals surface area contributed by atoms with Crippen molar-refractivity contribution in [3.63, 3.8) is 0 Å². The standard InChI is InChI=1S/C15H12N2O5/c1-9(18)10-4-2-5-11(8-10)16-14-12(15(19)20)6-3-7-13(14)17(21)22/h2-8,16H,1H3,(H,19,20). The highest BCUT2D eigenvalue weighted by Gasteiger charge is 2.21. The number of hydrogen-bond acceptors (Lipinski definition) is 5. The molecule has 22 heavy (non-hydrogen) atoms. The zero-order chi connectivity index (χ0) is 16.3. The van der Waals surface area contributed by atoms with Crippen molar-refractivity contribution in [1.82, 2.24) is 0 Å². The summed E-state index contributed by atoms with van der Waals surface area (Å²) < 4.78 is 0. The van der Waals surface area contributed by atoms with Gasteiger partial charge in [0.05, 0.1) is 10.5 Å². The molecule has 0 saturated heterocycles. The fourth-order valence-corrected chi connectivity index (χ4v) is 1.96. The molecule has 0 radical (unpaired) electrons. The molecule has 0 unspecified atom stereocenters. The molecule has 2 aromatic carbocycles. The molecule has 0 amide bonds. The molecule has 2 N–H and O–H groups in total. The van der Waals surface area contributed by atoms with Crippen LogP contribution >= 0.6 is 0 Å². The van der Waals surface area contributed by atoms with Crippen molar-refractivity contribution in [3.8, 4) is 0 Å². The Morgan fingerprint density at radius 2 is 1.86 bits per heavy atom. The van der Waals surface area contributed by atoms with Crippen LogP contribution in [-0.4, -0.2) is 21.8 Å². The minimum atomic E-state index is -1.28. The number of anilines is 2. The lowest BCUT2D eigenvalue weighted by atomic mass is 10.1. The van der Waals surface area contributed by atoms with Gasteiger partial charge in [-0.3, -0.25) is 14.9 Å². The second-order valence-electron chi connectivity index (χ2n) is 4.52. The van der Waals surface area contributed by atoms with Gasteiger partial charge >= 0.3 is 5.97 Å². The topological polar surface area (TPSA) is 110 Å². The fraction of sp³-hybridized carbons (Fsp3) is 0.0667. The highest BCUT2D eigenvalue weighted by molar-refractivity contribution is 5.99. The summed E-state index contributed by atoms with van der Waals surface area (Å²) in [6.07, 6.45) is 0. The van der Waals surface area contributed by atoms with E-state index < -0.39 is 10.9 Å². The Balaban J connectivity index is 2.52. The summed E-state index contributed by atoms with van der Waals surface area (Å²) >= 11 is 0. The van der Waals surface area contributed by atoms with Gasteiger partial charge in [-0.05, 0) is 25.1 Å². The van der Waals surface area contributed by atoms with Crippen molar-refractivity contribution >= 4 is 28.8 Å². The molecule has 0 spiro atoms. The summed E-state index contributed by atoms with van der Waals surface area (Å²) in [6.45, 7) is 1.40. The van der Waals surface area contributed by atoms with Crippen LogP contribution in [0.1, 0.15) is 27.6 Å². The summed E-state index contributed by atoms with van der Waals surface area (Å²) in [5.74, 6) is -1.45. The number of para-hydroxylation sites is 1. The molecule has 0 aromatic heterocycles. The third-order valence-corrected chi connectivity index (χ3v) is 3.01. The largest absolute Gasteiger partial charge is 0.478 e. The van der Waals surface area contributed by atoms with Crippen LogP contribution in [0.15, 0.2) is 42.5 Å². The van der Waals surface area contributed by atoms with E-state index in [1.807, 2.05) is 0 Å². The van der Waals surface area contributed by atoms with Gasteiger partial charge in [0.2, 0.25) is 0 Å². The van der Waals surface area contributed by atoms with Crippen molar-refractivity contribution in [3.05, 3.63) is 63.7 Å². The molecule has 0 aliphatic heterocycles. The number of hydrogen-bond donors (Lipinski definition) is 2. The van der Waals surface area contributed by atoms with Gasteiger partial charge in [-0.2, -0.15) is 0 Å². The zero-order valence-corrected chi connectivity index (χ0v) is 11.6. The minimum absolute atomic E-state index is 0.124. The van der Waals surface area contributed by atoms with Gasteiger partial charge in [0.1, 0.15) is 5.69 Å².